The van der Waals surface area contributed by atoms with Crippen LogP contribution in [0.4, 0.5) is 4.39 Å². The van der Waals surface area contributed by atoms with E-state index >= 15 is 0 Å². The van der Waals surface area contributed by atoms with Crippen LogP contribution in [0.2, 0.25) is 5.02 Å². The summed E-state index contributed by atoms with van der Waals surface area (Å²) in [4.78, 5) is 0. The van der Waals surface area contributed by atoms with E-state index in [2.05, 4.69) is 10.2 Å². The van der Waals surface area contributed by atoms with E-state index in [4.69, 9.17) is 17.3 Å². The first-order valence-electron chi connectivity index (χ1n) is 5.77. The van der Waals surface area contributed by atoms with E-state index in [0.29, 0.717) is 24.3 Å². The van der Waals surface area contributed by atoms with Crippen LogP contribution < -0.4 is 5.73 Å². The monoisotopic (exact) mass is 336 g/mol. The molecular weight excluding hydrogens is 322 g/mol. The van der Waals surface area contributed by atoms with Crippen molar-refractivity contribution < 1.29 is 4.39 Å². The fourth-order valence-electron chi connectivity index (χ4n) is 1.62. The van der Waals surface area contributed by atoms with Gasteiger partial charge in [0.2, 0.25) is 0 Å². The van der Waals surface area contributed by atoms with Crippen LogP contribution >= 0.6 is 35.8 Å². The first-order chi connectivity index (χ1) is 9.13. The van der Waals surface area contributed by atoms with Crippen LogP contribution in [0.5, 0.6) is 0 Å². The fraction of sp³-hybridized carbons (Fsp3) is 0.333. The molecule has 0 saturated carbocycles. The number of aromatic nitrogens is 3. The number of nitrogens with zero attached hydrogens (tertiary/aromatic N) is 3. The molecule has 20 heavy (non-hydrogen) atoms. The molecule has 0 amide bonds. The lowest BCUT2D eigenvalue weighted by molar-refractivity contribution is 0.617. The average Bonchev–Trinajstić information content (AvgIpc) is 2.74. The van der Waals surface area contributed by atoms with Crippen molar-refractivity contribution in [2.24, 2.45) is 12.8 Å². The second-order valence-corrected chi connectivity index (χ2v) is 5.35. The molecule has 0 aliphatic carbocycles. The first kappa shape index (κ1) is 17.2. The molecule has 8 heteroatoms. The van der Waals surface area contributed by atoms with Gasteiger partial charge in [0, 0.05) is 19.2 Å². The molecule has 0 aliphatic heterocycles. The summed E-state index contributed by atoms with van der Waals surface area (Å²) in [5.41, 5.74) is 6.04. The molecule has 2 rings (SSSR count). The minimum atomic E-state index is -0.374. The Labute approximate surface area is 132 Å². The Morgan fingerprint density at radius 3 is 2.85 bits per heavy atom. The van der Waals surface area contributed by atoms with Crippen molar-refractivity contribution in [2.75, 3.05) is 6.54 Å². The maximum Gasteiger partial charge on any atom is 0.191 e. The fourth-order valence-corrected chi connectivity index (χ4v) is 2.72. The summed E-state index contributed by atoms with van der Waals surface area (Å²) in [7, 11) is 1.88. The molecule has 0 spiro atoms. The lowest BCUT2D eigenvalue weighted by Gasteiger charge is -2.05. The molecule has 0 aliphatic rings. The molecule has 4 nitrogen and oxygen atoms in total. The van der Waals surface area contributed by atoms with Gasteiger partial charge in [0.05, 0.1) is 5.02 Å². The first-order valence-corrected chi connectivity index (χ1v) is 7.14. The van der Waals surface area contributed by atoms with Gasteiger partial charge in [0.15, 0.2) is 5.16 Å². The number of halogens is 3. The van der Waals surface area contributed by atoms with Crippen molar-refractivity contribution in [3.63, 3.8) is 0 Å². The highest BCUT2D eigenvalue weighted by Gasteiger charge is 2.11. The normalized spacial score (nSPS) is 10.4. The third kappa shape index (κ3) is 3.85. The van der Waals surface area contributed by atoms with E-state index in [1.54, 1.807) is 12.1 Å². The Bertz CT molecular complexity index is 577. The molecule has 0 fully saturated rings. The van der Waals surface area contributed by atoms with Gasteiger partial charge in [-0.15, -0.1) is 22.6 Å². The van der Waals surface area contributed by atoms with Gasteiger partial charge >= 0.3 is 0 Å². The summed E-state index contributed by atoms with van der Waals surface area (Å²) in [6, 6.07) is 4.98. The lowest BCUT2D eigenvalue weighted by Crippen LogP contribution is -2.08. The maximum absolute atomic E-state index is 13.7. The minimum Gasteiger partial charge on any atom is -0.330 e. The maximum atomic E-state index is 13.7. The van der Waals surface area contributed by atoms with Gasteiger partial charge in [-0.3, -0.25) is 0 Å². The molecule has 0 unspecified atom stereocenters. The van der Waals surface area contributed by atoms with Crippen molar-refractivity contribution in [1.29, 1.82) is 0 Å². The SMILES string of the molecule is Cl.Cn1c(CCN)nnc1SCc1cccc(Cl)c1F. The zero-order chi connectivity index (χ0) is 13.8. The molecule has 0 radical (unpaired) electrons. The third-order valence-corrected chi connectivity index (χ3v) is 4.04. The van der Waals surface area contributed by atoms with Crippen LogP contribution in [0.15, 0.2) is 23.4 Å². The number of rotatable bonds is 5. The van der Waals surface area contributed by atoms with Crippen LogP contribution in [-0.4, -0.2) is 21.3 Å². The van der Waals surface area contributed by atoms with Crippen molar-refractivity contribution in [2.45, 2.75) is 17.3 Å². The molecule has 0 atom stereocenters. The molecule has 0 saturated heterocycles. The van der Waals surface area contributed by atoms with Crippen LogP contribution in [0.3, 0.4) is 0 Å². The van der Waals surface area contributed by atoms with Gasteiger partial charge in [0.25, 0.3) is 0 Å². The number of nitrogens with two attached hydrogens (primary N) is 1. The summed E-state index contributed by atoms with van der Waals surface area (Å²) >= 11 is 7.16. The van der Waals surface area contributed by atoms with E-state index in [-0.39, 0.29) is 23.2 Å². The van der Waals surface area contributed by atoms with Crippen molar-refractivity contribution >= 4 is 35.8 Å². The molecule has 1 heterocycles. The van der Waals surface area contributed by atoms with E-state index in [9.17, 15) is 4.39 Å². The summed E-state index contributed by atoms with van der Waals surface area (Å²) in [6.45, 7) is 0.527. The van der Waals surface area contributed by atoms with Crippen LogP contribution in [-0.2, 0) is 19.2 Å². The molecule has 110 valence electrons. The van der Waals surface area contributed by atoms with Crippen LogP contribution in [0, 0.1) is 5.82 Å². The predicted octanol–water partition coefficient (Wildman–Crippen LogP) is 2.82. The topological polar surface area (TPSA) is 56.7 Å². The van der Waals surface area contributed by atoms with Crippen molar-refractivity contribution in [3.05, 3.63) is 40.4 Å². The molecular formula is C12H15Cl2FN4S. The smallest absolute Gasteiger partial charge is 0.191 e. The second-order valence-electron chi connectivity index (χ2n) is 4.00. The largest absolute Gasteiger partial charge is 0.330 e. The summed E-state index contributed by atoms with van der Waals surface area (Å²) in [5, 5.41) is 8.99. The van der Waals surface area contributed by atoms with Gasteiger partial charge in [-0.05, 0) is 18.2 Å². The number of hydrogen-bond acceptors (Lipinski definition) is 4. The van der Waals surface area contributed by atoms with Gasteiger partial charge in [-0.25, -0.2) is 4.39 Å². The summed E-state index contributed by atoms with van der Waals surface area (Å²) < 4.78 is 15.6. The predicted molar refractivity (Wildman–Crippen MR) is 82.0 cm³/mol. The Balaban J connectivity index is 0.00000200. The molecule has 2 N–H and O–H groups in total. The van der Waals surface area contributed by atoms with Gasteiger partial charge in [-0.2, -0.15) is 0 Å². The van der Waals surface area contributed by atoms with E-state index in [1.165, 1.54) is 17.8 Å². The minimum absolute atomic E-state index is 0. The van der Waals surface area contributed by atoms with E-state index in [1.807, 2.05) is 11.6 Å². The highest BCUT2D eigenvalue weighted by Crippen LogP contribution is 2.25. The standard InChI is InChI=1S/C12H14ClFN4S.ClH/c1-18-10(5-6-15)16-17-12(18)19-7-8-3-2-4-9(13)11(8)14;/h2-4H,5-7,15H2,1H3;1H. The number of hydrogen-bond donors (Lipinski definition) is 1. The Morgan fingerprint density at radius 2 is 2.15 bits per heavy atom. The molecule has 1 aromatic heterocycles. The number of benzene rings is 1. The van der Waals surface area contributed by atoms with Crippen LogP contribution in [0.25, 0.3) is 0 Å². The van der Waals surface area contributed by atoms with Gasteiger partial charge < -0.3 is 10.3 Å². The van der Waals surface area contributed by atoms with Gasteiger partial charge in [-0.1, -0.05) is 35.5 Å². The highest BCUT2D eigenvalue weighted by molar-refractivity contribution is 7.98. The average molecular weight is 337 g/mol. The Morgan fingerprint density at radius 1 is 1.40 bits per heavy atom. The molecule has 0 bridgehead atoms. The second kappa shape index (κ2) is 7.83. The Kier molecular flexibility index (Phi) is 6.75. The van der Waals surface area contributed by atoms with Gasteiger partial charge in [0.1, 0.15) is 11.6 Å². The third-order valence-electron chi connectivity index (χ3n) is 2.68. The number of thioether (sulfide) groups is 1. The lowest BCUT2D eigenvalue weighted by atomic mass is 10.2. The quantitative estimate of drug-likeness (QED) is 0.853. The molecule has 1 aromatic carbocycles. The van der Waals surface area contributed by atoms with Crippen molar-refractivity contribution in [3.8, 4) is 0 Å². The van der Waals surface area contributed by atoms with E-state index in [0.717, 1.165) is 11.0 Å². The zero-order valence-electron chi connectivity index (χ0n) is 10.8. The van der Waals surface area contributed by atoms with Crippen LogP contribution in [0.1, 0.15) is 11.4 Å². The highest BCUT2D eigenvalue weighted by atomic mass is 35.5. The van der Waals surface area contributed by atoms with Crippen molar-refractivity contribution in [1.82, 2.24) is 14.8 Å². The zero-order valence-corrected chi connectivity index (χ0v) is 13.2. The van der Waals surface area contributed by atoms with E-state index < -0.39 is 0 Å². The molecule has 2 aromatic rings. The summed E-state index contributed by atoms with van der Waals surface area (Å²) in [6.07, 6.45) is 0.676. The Hall–Kier alpha value is -0.820. The summed E-state index contributed by atoms with van der Waals surface area (Å²) in [5.74, 6) is 0.915.